The number of nitrogens with one attached hydrogen (secondary N) is 3. The van der Waals surface area contributed by atoms with Crippen molar-refractivity contribution < 1.29 is 22.8 Å². The van der Waals surface area contributed by atoms with Crippen molar-refractivity contribution in [2.45, 2.75) is 57.3 Å². The molecule has 0 aromatic carbocycles. The second-order valence-electron chi connectivity index (χ2n) is 7.24. The summed E-state index contributed by atoms with van der Waals surface area (Å²) in [6, 6.07) is -2.08. The molecule has 1 saturated heterocycles. The van der Waals surface area contributed by atoms with Crippen molar-refractivity contribution in [3.05, 3.63) is 0 Å². The lowest BCUT2D eigenvalue weighted by atomic mass is 10.1. The second-order valence-corrected chi connectivity index (χ2v) is 7.24. The van der Waals surface area contributed by atoms with Crippen LogP contribution in [0.15, 0.2) is 0 Å². The fraction of sp³-hybridized carbons (Fsp3) is 0.882. The number of rotatable bonds is 7. The first-order valence-electron chi connectivity index (χ1n) is 9.36. The van der Waals surface area contributed by atoms with Crippen LogP contribution in [0.4, 0.5) is 13.2 Å². The van der Waals surface area contributed by atoms with E-state index in [1.807, 2.05) is 0 Å². The largest absolute Gasteiger partial charge is 0.405 e. The van der Waals surface area contributed by atoms with E-state index in [1.165, 1.54) is 4.90 Å². The van der Waals surface area contributed by atoms with Gasteiger partial charge in [0.1, 0.15) is 6.04 Å². The van der Waals surface area contributed by atoms with Crippen LogP contribution in [0.25, 0.3) is 0 Å². The van der Waals surface area contributed by atoms with E-state index < -0.39 is 30.7 Å². The summed E-state index contributed by atoms with van der Waals surface area (Å²) >= 11 is 0. The normalized spacial score (nSPS) is 21.2. The highest BCUT2D eigenvalue weighted by molar-refractivity contribution is 5.85. The van der Waals surface area contributed by atoms with Gasteiger partial charge >= 0.3 is 6.18 Å². The van der Waals surface area contributed by atoms with Crippen LogP contribution >= 0.6 is 12.4 Å². The molecule has 6 nitrogen and oxygen atoms in total. The number of amides is 2. The Labute approximate surface area is 164 Å². The van der Waals surface area contributed by atoms with Gasteiger partial charge in [-0.25, -0.2) is 0 Å². The van der Waals surface area contributed by atoms with Crippen LogP contribution < -0.4 is 16.0 Å². The molecular formula is C17H30ClF3N4O2. The highest BCUT2D eigenvalue weighted by Gasteiger charge is 2.43. The minimum absolute atomic E-state index is 0. The van der Waals surface area contributed by atoms with Gasteiger partial charge < -0.3 is 16.0 Å². The van der Waals surface area contributed by atoms with E-state index in [-0.39, 0.29) is 30.7 Å². The number of carbonyl (C=O) groups excluding carboxylic acids is 2. The maximum Gasteiger partial charge on any atom is 0.405 e. The molecule has 2 unspecified atom stereocenters. The van der Waals surface area contributed by atoms with Gasteiger partial charge in [0.2, 0.25) is 11.8 Å². The van der Waals surface area contributed by atoms with Crippen LogP contribution in [0.2, 0.25) is 0 Å². The van der Waals surface area contributed by atoms with Crippen molar-refractivity contribution in [1.82, 2.24) is 20.9 Å². The van der Waals surface area contributed by atoms with Crippen LogP contribution in [0.5, 0.6) is 0 Å². The summed E-state index contributed by atoms with van der Waals surface area (Å²) in [6.45, 7) is 2.84. The fourth-order valence-electron chi connectivity index (χ4n) is 3.61. The quantitative estimate of drug-likeness (QED) is 0.589. The highest BCUT2D eigenvalue weighted by atomic mass is 35.5. The first-order valence-corrected chi connectivity index (χ1v) is 9.36. The molecule has 2 fully saturated rings. The summed E-state index contributed by atoms with van der Waals surface area (Å²) < 4.78 is 39.9. The predicted molar refractivity (Wildman–Crippen MR) is 98.7 cm³/mol. The molecule has 2 rings (SSSR count). The summed E-state index contributed by atoms with van der Waals surface area (Å²) in [7, 11) is 0. The number of carbonyl (C=O) groups is 2. The molecule has 1 saturated carbocycles. The standard InChI is InChI=1S/C17H29F3N4O2.ClH/c1-12(23-16(26)13-4-2-3-5-13)10-15(25)22-11-14(17(18,19)20)24-8-6-21-7-9-24;/h12-14,21H,2-11H2,1H3,(H,22,25)(H,23,26);1H. The number of alkyl halides is 3. The summed E-state index contributed by atoms with van der Waals surface area (Å²) in [5.74, 6) is -0.534. The molecule has 27 heavy (non-hydrogen) atoms. The van der Waals surface area contributed by atoms with Gasteiger partial charge in [-0.05, 0) is 19.8 Å². The van der Waals surface area contributed by atoms with Crippen LogP contribution in [-0.4, -0.2) is 67.7 Å². The lowest BCUT2D eigenvalue weighted by molar-refractivity contribution is -0.184. The Kier molecular flexibility index (Phi) is 9.83. The number of hydrogen-bond acceptors (Lipinski definition) is 4. The monoisotopic (exact) mass is 414 g/mol. The van der Waals surface area contributed by atoms with Crippen molar-refractivity contribution in [1.29, 1.82) is 0 Å². The van der Waals surface area contributed by atoms with E-state index in [1.54, 1.807) is 6.92 Å². The lowest BCUT2D eigenvalue weighted by Gasteiger charge is -2.36. The molecule has 2 atom stereocenters. The Balaban J connectivity index is 0.00000364. The Hall–Kier alpha value is -1.06. The fourth-order valence-corrected chi connectivity index (χ4v) is 3.61. The molecule has 2 amide bonds. The molecule has 0 spiro atoms. The average molecular weight is 415 g/mol. The third-order valence-corrected chi connectivity index (χ3v) is 5.07. The van der Waals surface area contributed by atoms with Gasteiger partial charge in [-0.2, -0.15) is 13.2 Å². The van der Waals surface area contributed by atoms with Gasteiger partial charge in [-0.3, -0.25) is 14.5 Å². The zero-order chi connectivity index (χ0) is 19.2. The molecule has 1 heterocycles. The van der Waals surface area contributed by atoms with Gasteiger partial charge in [0.05, 0.1) is 0 Å². The number of hydrogen-bond donors (Lipinski definition) is 3. The summed E-state index contributed by atoms with van der Waals surface area (Å²) in [5.41, 5.74) is 0. The van der Waals surface area contributed by atoms with Crippen molar-refractivity contribution in [3.8, 4) is 0 Å². The second kappa shape index (κ2) is 11.1. The Bertz CT molecular complexity index is 481. The van der Waals surface area contributed by atoms with E-state index in [2.05, 4.69) is 16.0 Å². The summed E-state index contributed by atoms with van der Waals surface area (Å²) in [6.07, 6.45) is -0.613. The van der Waals surface area contributed by atoms with E-state index in [0.717, 1.165) is 25.7 Å². The van der Waals surface area contributed by atoms with E-state index in [4.69, 9.17) is 0 Å². The van der Waals surface area contributed by atoms with Crippen LogP contribution in [0.1, 0.15) is 39.0 Å². The van der Waals surface area contributed by atoms with Gasteiger partial charge in [0.15, 0.2) is 0 Å². The maximum absolute atomic E-state index is 13.3. The highest BCUT2D eigenvalue weighted by Crippen LogP contribution is 2.25. The smallest absolute Gasteiger partial charge is 0.354 e. The van der Waals surface area contributed by atoms with Crippen molar-refractivity contribution >= 4 is 24.2 Å². The molecule has 0 bridgehead atoms. The SMILES string of the molecule is CC(CC(=O)NCC(N1CCNCC1)C(F)(F)F)NC(=O)C1CCCC1.Cl. The van der Waals surface area contributed by atoms with E-state index >= 15 is 0 Å². The van der Waals surface area contributed by atoms with Crippen LogP contribution in [-0.2, 0) is 9.59 Å². The van der Waals surface area contributed by atoms with Crippen molar-refractivity contribution in [2.75, 3.05) is 32.7 Å². The third-order valence-electron chi connectivity index (χ3n) is 5.07. The topological polar surface area (TPSA) is 73.5 Å². The van der Waals surface area contributed by atoms with Crippen LogP contribution in [0, 0.1) is 5.92 Å². The van der Waals surface area contributed by atoms with Crippen molar-refractivity contribution in [2.24, 2.45) is 5.92 Å². The molecule has 2 aliphatic rings. The maximum atomic E-state index is 13.3. The molecule has 0 aromatic heterocycles. The molecule has 158 valence electrons. The third kappa shape index (κ3) is 7.83. The summed E-state index contributed by atoms with van der Waals surface area (Å²) in [4.78, 5) is 25.4. The number of nitrogens with zero attached hydrogens (tertiary/aromatic N) is 1. The molecule has 1 aliphatic carbocycles. The molecule has 3 N–H and O–H groups in total. The number of piperazine rings is 1. The van der Waals surface area contributed by atoms with Crippen LogP contribution in [0.3, 0.4) is 0 Å². The van der Waals surface area contributed by atoms with Gasteiger partial charge in [0.25, 0.3) is 0 Å². The van der Waals surface area contributed by atoms with Gasteiger partial charge in [-0.1, -0.05) is 12.8 Å². The Morgan fingerprint density at radius 3 is 2.33 bits per heavy atom. The molecule has 0 radical (unpaired) electrons. The average Bonchev–Trinajstić information content (AvgIpc) is 3.09. The van der Waals surface area contributed by atoms with E-state index in [9.17, 15) is 22.8 Å². The van der Waals surface area contributed by atoms with Crippen molar-refractivity contribution in [3.63, 3.8) is 0 Å². The minimum atomic E-state index is -4.40. The molecular weight excluding hydrogens is 385 g/mol. The first kappa shape index (κ1) is 24.0. The zero-order valence-corrected chi connectivity index (χ0v) is 16.4. The van der Waals surface area contributed by atoms with E-state index in [0.29, 0.717) is 26.2 Å². The summed E-state index contributed by atoms with van der Waals surface area (Å²) in [5, 5.41) is 8.20. The molecule has 0 aromatic rings. The minimum Gasteiger partial charge on any atom is -0.354 e. The Morgan fingerprint density at radius 2 is 1.78 bits per heavy atom. The lowest BCUT2D eigenvalue weighted by Crippen LogP contribution is -2.57. The van der Waals surface area contributed by atoms with Gasteiger partial charge in [-0.15, -0.1) is 12.4 Å². The Morgan fingerprint density at radius 1 is 1.19 bits per heavy atom. The molecule has 1 aliphatic heterocycles. The predicted octanol–water partition coefficient (Wildman–Crippen LogP) is 1.45. The zero-order valence-electron chi connectivity index (χ0n) is 15.6. The van der Waals surface area contributed by atoms with Gasteiger partial charge in [0, 0.05) is 51.1 Å². The first-order chi connectivity index (χ1) is 12.3. The number of halogens is 4. The molecule has 10 heteroatoms.